The monoisotopic (exact) mass is 443 g/mol. The number of benzene rings is 2. The number of nitrogens with zero attached hydrogens (tertiary/aromatic N) is 1. The highest BCUT2D eigenvalue weighted by Gasteiger charge is 2.28. The zero-order chi connectivity index (χ0) is 21.7. The van der Waals surface area contributed by atoms with E-state index in [2.05, 4.69) is 19.9 Å². The maximum absolute atomic E-state index is 12.2. The molecule has 1 heterocycles. The molecule has 1 aliphatic rings. The zero-order valence-corrected chi connectivity index (χ0v) is 19.2. The molecule has 30 heavy (non-hydrogen) atoms. The third kappa shape index (κ3) is 5.55. The van der Waals surface area contributed by atoms with Crippen LogP contribution in [0.5, 0.6) is 17.2 Å². The first kappa shape index (κ1) is 22.2. The minimum Gasteiger partial charge on any atom is -0.493 e. The van der Waals surface area contributed by atoms with E-state index < -0.39 is 0 Å². The Kier molecular flexibility index (Phi) is 7.39. The van der Waals surface area contributed by atoms with Crippen LogP contribution in [0.1, 0.15) is 23.1 Å². The molecule has 5 nitrogen and oxygen atoms in total. The van der Waals surface area contributed by atoms with Gasteiger partial charge in [0.2, 0.25) is 0 Å². The first-order valence-electron chi connectivity index (χ1n) is 9.61. The van der Waals surface area contributed by atoms with Crippen molar-refractivity contribution in [3.8, 4) is 17.2 Å². The minimum absolute atomic E-state index is 0.0897. The fourth-order valence-electron chi connectivity index (χ4n) is 3.04. The number of aryl methyl sites for hydroxylation is 2. The molecule has 0 radical (unpaired) electrons. The van der Waals surface area contributed by atoms with Gasteiger partial charge in [-0.2, -0.15) is 0 Å². The summed E-state index contributed by atoms with van der Waals surface area (Å²) in [5.74, 6) is 2.06. The van der Waals surface area contributed by atoms with Gasteiger partial charge in [-0.1, -0.05) is 36.1 Å². The molecule has 0 atom stereocenters. The summed E-state index contributed by atoms with van der Waals surface area (Å²) in [5, 5.41) is 0. The number of hydrogen-bond donors (Lipinski definition) is 0. The summed E-state index contributed by atoms with van der Waals surface area (Å²) >= 11 is 6.46. The highest BCUT2D eigenvalue weighted by Crippen LogP contribution is 2.34. The summed E-state index contributed by atoms with van der Waals surface area (Å²) < 4.78 is 17.7. The molecule has 2 aromatic rings. The van der Waals surface area contributed by atoms with Gasteiger partial charge in [-0.05, 0) is 60.9 Å². The van der Waals surface area contributed by atoms with Gasteiger partial charge in [-0.3, -0.25) is 9.69 Å². The second kappa shape index (κ2) is 10.00. The van der Waals surface area contributed by atoms with Gasteiger partial charge in [0.25, 0.3) is 5.91 Å². The molecule has 0 spiro atoms. The number of amides is 1. The lowest BCUT2D eigenvalue weighted by Crippen LogP contribution is -2.22. The van der Waals surface area contributed by atoms with E-state index >= 15 is 0 Å². The van der Waals surface area contributed by atoms with Crippen molar-refractivity contribution in [1.29, 1.82) is 0 Å². The predicted molar refractivity (Wildman–Crippen MR) is 125 cm³/mol. The number of methoxy groups -OCH3 is 1. The quantitative estimate of drug-likeness (QED) is 0.325. The first-order chi connectivity index (χ1) is 14.4. The highest BCUT2D eigenvalue weighted by molar-refractivity contribution is 8.26. The van der Waals surface area contributed by atoms with E-state index in [4.69, 9.17) is 26.4 Å². The van der Waals surface area contributed by atoms with Crippen LogP contribution in [0.3, 0.4) is 0 Å². The Hall–Kier alpha value is -2.51. The largest absolute Gasteiger partial charge is 0.493 e. The fourth-order valence-corrected chi connectivity index (χ4v) is 4.22. The van der Waals surface area contributed by atoms with Crippen LogP contribution < -0.4 is 14.2 Å². The summed E-state index contributed by atoms with van der Waals surface area (Å²) in [4.78, 5) is 14.2. The predicted octanol–water partition coefficient (Wildman–Crippen LogP) is 4.99. The van der Waals surface area contributed by atoms with Gasteiger partial charge < -0.3 is 14.2 Å². The third-order valence-electron chi connectivity index (χ3n) is 4.48. The number of thioether (sulfide) groups is 1. The van der Waals surface area contributed by atoms with Crippen molar-refractivity contribution in [3.63, 3.8) is 0 Å². The number of carbonyl (C=O) groups is 1. The molecule has 0 N–H and O–H groups in total. The van der Waals surface area contributed by atoms with Crippen molar-refractivity contribution in [2.75, 3.05) is 27.4 Å². The van der Waals surface area contributed by atoms with Crippen LogP contribution in [0.15, 0.2) is 41.3 Å². The molecule has 0 unspecified atom stereocenters. The van der Waals surface area contributed by atoms with Gasteiger partial charge in [0.05, 0.1) is 25.2 Å². The molecule has 7 heteroatoms. The highest BCUT2D eigenvalue weighted by atomic mass is 32.2. The maximum Gasteiger partial charge on any atom is 0.265 e. The number of thiocarbonyl (C=S) groups is 1. The van der Waals surface area contributed by atoms with Crippen molar-refractivity contribution in [1.82, 2.24) is 4.90 Å². The normalized spacial score (nSPS) is 15.1. The van der Waals surface area contributed by atoms with E-state index in [-0.39, 0.29) is 5.91 Å². The van der Waals surface area contributed by atoms with E-state index in [0.29, 0.717) is 33.9 Å². The lowest BCUT2D eigenvalue weighted by Gasteiger charge is -2.12. The van der Waals surface area contributed by atoms with Crippen LogP contribution in [0.25, 0.3) is 6.08 Å². The molecule has 3 rings (SSSR count). The van der Waals surface area contributed by atoms with Crippen molar-refractivity contribution in [2.24, 2.45) is 0 Å². The first-order valence-corrected chi connectivity index (χ1v) is 10.8. The molecule has 0 bridgehead atoms. The molecule has 0 aromatic heterocycles. The standard InChI is InChI=1S/C23H25NO4S2/c1-15-10-16(2)12-18(11-15)27-8-5-9-28-19-7-6-17(13-20(19)26-4)14-21-22(25)24(3)23(29)30-21/h6-7,10-14H,5,8-9H2,1-4H3/b21-14-. The summed E-state index contributed by atoms with van der Waals surface area (Å²) in [7, 11) is 3.28. The van der Waals surface area contributed by atoms with Crippen molar-refractivity contribution >= 4 is 40.3 Å². The van der Waals surface area contributed by atoms with E-state index in [9.17, 15) is 4.79 Å². The Labute approximate surface area is 187 Å². The number of ether oxygens (including phenoxy) is 3. The van der Waals surface area contributed by atoms with Crippen LogP contribution >= 0.6 is 24.0 Å². The molecule has 158 valence electrons. The number of rotatable bonds is 8. The van der Waals surface area contributed by atoms with Gasteiger partial charge in [0.15, 0.2) is 11.5 Å². The van der Waals surface area contributed by atoms with Gasteiger partial charge in [-0.25, -0.2) is 0 Å². The van der Waals surface area contributed by atoms with Crippen molar-refractivity contribution in [3.05, 3.63) is 58.0 Å². The Morgan fingerprint density at radius 2 is 1.73 bits per heavy atom. The SMILES string of the molecule is COc1cc(/C=C2\SC(=S)N(C)C2=O)ccc1OCCCOc1cc(C)cc(C)c1. The molecule has 1 amide bonds. The van der Waals surface area contributed by atoms with Crippen LogP contribution in [-0.2, 0) is 4.79 Å². The van der Waals surface area contributed by atoms with Crippen molar-refractivity contribution in [2.45, 2.75) is 20.3 Å². The number of hydrogen-bond acceptors (Lipinski definition) is 6. The lowest BCUT2D eigenvalue weighted by atomic mass is 10.1. The number of carbonyl (C=O) groups excluding carboxylic acids is 1. The lowest BCUT2D eigenvalue weighted by molar-refractivity contribution is -0.121. The molecule has 1 fully saturated rings. The van der Waals surface area contributed by atoms with Gasteiger partial charge >= 0.3 is 0 Å². The fraction of sp³-hybridized carbons (Fsp3) is 0.304. The van der Waals surface area contributed by atoms with Crippen LogP contribution in [-0.4, -0.2) is 42.5 Å². The van der Waals surface area contributed by atoms with E-state index in [1.807, 2.05) is 36.4 Å². The van der Waals surface area contributed by atoms with E-state index in [1.54, 1.807) is 14.2 Å². The van der Waals surface area contributed by atoms with Crippen LogP contribution in [0.2, 0.25) is 0 Å². The molecular weight excluding hydrogens is 418 g/mol. The average Bonchev–Trinajstić information content (AvgIpc) is 2.94. The van der Waals surface area contributed by atoms with E-state index in [0.717, 1.165) is 17.7 Å². The van der Waals surface area contributed by atoms with Gasteiger partial charge in [0, 0.05) is 13.5 Å². The van der Waals surface area contributed by atoms with Gasteiger partial charge in [0.1, 0.15) is 10.1 Å². The Morgan fingerprint density at radius 3 is 2.37 bits per heavy atom. The molecular formula is C23H25NO4S2. The second-order valence-corrected chi connectivity index (χ2v) is 8.70. The third-order valence-corrected chi connectivity index (χ3v) is 5.97. The molecule has 2 aromatic carbocycles. The minimum atomic E-state index is -0.0897. The summed E-state index contributed by atoms with van der Waals surface area (Å²) in [6, 6.07) is 11.8. The summed E-state index contributed by atoms with van der Waals surface area (Å²) in [6.45, 7) is 5.20. The molecule has 0 saturated carbocycles. The maximum atomic E-state index is 12.2. The Bertz CT molecular complexity index is 967. The van der Waals surface area contributed by atoms with Crippen LogP contribution in [0, 0.1) is 13.8 Å². The van der Waals surface area contributed by atoms with Crippen molar-refractivity contribution < 1.29 is 19.0 Å². The topological polar surface area (TPSA) is 48.0 Å². The Balaban J connectivity index is 1.55. The smallest absolute Gasteiger partial charge is 0.265 e. The van der Waals surface area contributed by atoms with Gasteiger partial charge in [-0.15, -0.1) is 0 Å². The second-order valence-electron chi connectivity index (χ2n) is 7.02. The Morgan fingerprint density at radius 1 is 1.03 bits per heavy atom. The van der Waals surface area contributed by atoms with E-state index in [1.165, 1.54) is 27.8 Å². The average molecular weight is 444 g/mol. The summed E-state index contributed by atoms with van der Waals surface area (Å²) in [6.07, 6.45) is 2.56. The molecule has 0 aliphatic carbocycles. The molecule has 1 aliphatic heterocycles. The molecule has 1 saturated heterocycles. The van der Waals surface area contributed by atoms with Crippen LogP contribution in [0.4, 0.5) is 0 Å². The summed E-state index contributed by atoms with van der Waals surface area (Å²) in [5.41, 5.74) is 3.23. The zero-order valence-electron chi connectivity index (χ0n) is 17.6. The number of likely N-dealkylation sites (N-methyl/N-ethyl adjacent to an activating group) is 1.